The maximum absolute atomic E-state index is 12.8. The molecule has 2 aliphatic rings. The van der Waals surface area contributed by atoms with Gasteiger partial charge < -0.3 is 5.32 Å². The summed E-state index contributed by atoms with van der Waals surface area (Å²) in [6.07, 6.45) is 0.764. The van der Waals surface area contributed by atoms with Gasteiger partial charge in [0.2, 0.25) is 5.91 Å². The summed E-state index contributed by atoms with van der Waals surface area (Å²) in [6, 6.07) is 24.2. The van der Waals surface area contributed by atoms with E-state index in [9.17, 15) is 9.59 Å². The van der Waals surface area contributed by atoms with Crippen LogP contribution in [0.1, 0.15) is 46.7 Å². The number of benzene rings is 3. The zero-order chi connectivity index (χ0) is 25.2. The lowest BCUT2D eigenvalue weighted by atomic mass is 9.97. The van der Waals surface area contributed by atoms with Crippen LogP contribution >= 0.6 is 11.8 Å². The highest BCUT2D eigenvalue weighted by Crippen LogP contribution is 2.38. The first-order chi connectivity index (χ1) is 17.4. The molecule has 1 N–H and O–H groups in total. The molecule has 3 aromatic rings. The molecule has 5 rings (SSSR count). The van der Waals surface area contributed by atoms with E-state index in [2.05, 4.69) is 72.7 Å². The van der Waals surface area contributed by atoms with Crippen molar-refractivity contribution in [2.45, 2.75) is 44.9 Å². The number of thioether (sulfide) groups is 1. The normalized spacial score (nSPS) is 19.3. The van der Waals surface area contributed by atoms with E-state index in [-0.39, 0.29) is 24.3 Å². The van der Waals surface area contributed by atoms with E-state index < -0.39 is 5.25 Å². The quantitative estimate of drug-likeness (QED) is 0.485. The Hall–Kier alpha value is -3.71. The lowest BCUT2D eigenvalue weighted by Gasteiger charge is -2.23. The second kappa shape index (κ2) is 10.1. The van der Waals surface area contributed by atoms with Crippen molar-refractivity contribution in [2.75, 3.05) is 5.32 Å². The highest BCUT2D eigenvalue weighted by atomic mass is 32.2. The Balaban J connectivity index is 1.35. The molecule has 0 aliphatic carbocycles. The van der Waals surface area contributed by atoms with E-state index in [0.717, 1.165) is 22.4 Å². The second-order valence-electron chi connectivity index (χ2n) is 9.35. The van der Waals surface area contributed by atoms with Gasteiger partial charge in [-0.3, -0.25) is 9.59 Å². The standard InChI is InChI=1S/C29H28N4O2S/c1-18-4-10-21(11-5-18)24-16-25(22-12-6-19(2)7-13-22)33(32-24)29-31-28(35)26(36-29)17-27(34)30-23-14-8-20(3)9-15-23/h4-15,25-26H,16-17H2,1-3H3,(H,30,34). The van der Waals surface area contributed by atoms with E-state index in [1.807, 2.05) is 36.2 Å². The number of anilines is 1. The van der Waals surface area contributed by atoms with Crippen LogP contribution in [0.5, 0.6) is 0 Å². The molecule has 0 spiro atoms. The minimum absolute atomic E-state index is 0.0575. The number of nitrogens with zero attached hydrogens (tertiary/aromatic N) is 3. The number of rotatable bonds is 5. The van der Waals surface area contributed by atoms with Crippen LogP contribution in [0, 0.1) is 20.8 Å². The van der Waals surface area contributed by atoms with Gasteiger partial charge in [-0.1, -0.05) is 89.1 Å². The zero-order valence-electron chi connectivity index (χ0n) is 20.6. The number of hydrazone groups is 1. The highest BCUT2D eigenvalue weighted by Gasteiger charge is 2.39. The molecule has 7 heteroatoms. The molecule has 0 bridgehead atoms. The fourth-order valence-corrected chi connectivity index (χ4v) is 5.34. The van der Waals surface area contributed by atoms with Crippen molar-refractivity contribution in [3.05, 3.63) is 101 Å². The number of hydrogen-bond donors (Lipinski definition) is 1. The lowest BCUT2D eigenvalue weighted by molar-refractivity contribution is -0.121. The minimum atomic E-state index is -0.567. The molecule has 0 saturated carbocycles. The van der Waals surface area contributed by atoms with Crippen LogP contribution in [-0.4, -0.2) is 33.0 Å². The van der Waals surface area contributed by atoms with Crippen LogP contribution in [0.3, 0.4) is 0 Å². The van der Waals surface area contributed by atoms with Crippen LogP contribution in [0.15, 0.2) is 82.9 Å². The Bertz CT molecular complexity index is 1350. The summed E-state index contributed by atoms with van der Waals surface area (Å²) in [5.41, 5.74) is 7.34. The summed E-state index contributed by atoms with van der Waals surface area (Å²) in [7, 11) is 0. The number of nitrogens with one attached hydrogen (secondary N) is 1. The molecule has 3 aromatic carbocycles. The fraction of sp³-hybridized carbons (Fsp3) is 0.241. The summed E-state index contributed by atoms with van der Waals surface area (Å²) >= 11 is 1.32. The van der Waals surface area contributed by atoms with Crippen molar-refractivity contribution in [1.29, 1.82) is 0 Å². The Morgan fingerprint density at radius 3 is 2.14 bits per heavy atom. The molecule has 0 saturated heterocycles. The van der Waals surface area contributed by atoms with E-state index in [1.54, 1.807) is 0 Å². The number of carbonyl (C=O) groups excluding carboxylic acids is 2. The Kier molecular flexibility index (Phi) is 6.74. The smallest absolute Gasteiger partial charge is 0.262 e. The summed E-state index contributed by atoms with van der Waals surface area (Å²) in [5, 5.41) is 9.63. The second-order valence-corrected chi connectivity index (χ2v) is 10.5. The highest BCUT2D eigenvalue weighted by molar-refractivity contribution is 8.15. The topological polar surface area (TPSA) is 74.1 Å². The molecular weight excluding hydrogens is 468 g/mol. The van der Waals surface area contributed by atoms with Crippen LogP contribution in [0.2, 0.25) is 0 Å². The minimum Gasteiger partial charge on any atom is -0.326 e. The first kappa shape index (κ1) is 24.0. The number of amidine groups is 1. The maximum atomic E-state index is 12.8. The van der Waals surface area contributed by atoms with E-state index in [1.165, 1.54) is 22.9 Å². The summed E-state index contributed by atoms with van der Waals surface area (Å²) < 4.78 is 0. The zero-order valence-corrected chi connectivity index (χ0v) is 21.4. The average molecular weight is 497 g/mol. The predicted octanol–water partition coefficient (Wildman–Crippen LogP) is 5.79. The molecule has 2 amide bonds. The van der Waals surface area contributed by atoms with Crippen molar-refractivity contribution in [1.82, 2.24) is 5.01 Å². The average Bonchev–Trinajstić information content (AvgIpc) is 3.45. The van der Waals surface area contributed by atoms with Gasteiger partial charge in [-0.2, -0.15) is 10.1 Å². The molecule has 0 radical (unpaired) electrons. The van der Waals surface area contributed by atoms with Crippen molar-refractivity contribution in [3.63, 3.8) is 0 Å². The van der Waals surface area contributed by atoms with Gasteiger partial charge in [0, 0.05) is 18.5 Å². The van der Waals surface area contributed by atoms with E-state index >= 15 is 0 Å². The molecule has 2 heterocycles. The summed E-state index contributed by atoms with van der Waals surface area (Å²) in [5.74, 6) is -0.503. The first-order valence-corrected chi connectivity index (χ1v) is 12.9. The number of carbonyl (C=O) groups is 2. The van der Waals surface area contributed by atoms with Gasteiger partial charge in [-0.05, 0) is 44.0 Å². The molecule has 2 unspecified atom stereocenters. The molecule has 36 heavy (non-hydrogen) atoms. The van der Waals surface area contributed by atoms with Crippen LogP contribution in [0.4, 0.5) is 5.69 Å². The van der Waals surface area contributed by atoms with Crippen LogP contribution < -0.4 is 5.32 Å². The summed E-state index contributed by atoms with van der Waals surface area (Å²) in [4.78, 5) is 29.8. The molecule has 2 atom stereocenters. The third-order valence-corrected chi connectivity index (χ3v) is 7.53. The van der Waals surface area contributed by atoms with Crippen molar-refractivity contribution < 1.29 is 9.59 Å². The van der Waals surface area contributed by atoms with E-state index in [4.69, 9.17) is 5.10 Å². The third kappa shape index (κ3) is 5.26. The van der Waals surface area contributed by atoms with Gasteiger partial charge in [0.05, 0.1) is 11.8 Å². The number of hydrogen-bond acceptors (Lipinski definition) is 5. The largest absolute Gasteiger partial charge is 0.326 e. The fourth-order valence-electron chi connectivity index (χ4n) is 4.28. The molecule has 6 nitrogen and oxygen atoms in total. The van der Waals surface area contributed by atoms with Gasteiger partial charge >= 0.3 is 0 Å². The molecule has 182 valence electrons. The van der Waals surface area contributed by atoms with Crippen molar-refractivity contribution in [2.24, 2.45) is 10.1 Å². The maximum Gasteiger partial charge on any atom is 0.262 e. The van der Waals surface area contributed by atoms with Gasteiger partial charge in [-0.15, -0.1) is 0 Å². The lowest BCUT2D eigenvalue weighted by Crippen LogP contribution is -2.25. The van der Waals surface area contributed by atoms with Gasteiger partial charge in [0.25, 0.3) is 5.91 Å². The molecule has 0 aromatic heterocycles. The number of aryl methyl sites for hydroxylation is 3. The van der Waals surface area contributed by atoms with Gasteiger partial charge in [0.15, 0.2) is 5.17 Å². The van der Waals surface area contributed by atoms with Gasteiger partial charge in [-0.25, -0.2) is 5.01 Å². The molecule has 2 aliphatic heterocycles. The van der Waals surface area contributed by atoms with E-state index in [0.29, 0.717) is 17.3 Å². The van der Waals surface area contributed by atoms with Crippen LogP contribution in [-0.2, 0) is 9.59 Å². The third-order valence-electron chi connectivity index (χ3n) is 6.39. The summed E-state index contributed by atoms with van der Waals surface area (Å²) in [6.45, 7) is 6.12. The number of aliphatic imine (C=N–C) groups is 1. The van der Waals surface area contributed by atoms with Crippen LogP contribution in [0.25, 0.3) is 0 Å². The number of amides is 2. The van der Waals surface area contributed by atoms with Crippen molar-refractivity contribution in [3.8, 4) is 0 Å². The van der Waals surface area contributed by atoms with Gasteiger partial charge in [0.1, 0.15) is 5.25 Å². The molecule has 0 fully saturated rings. The SMILES string of the molecule is Cc1ccc(NC(=O)CC2SC(N3N=C(c4ccc(C)cc4)CC3c3ccc(C)cc3)=NC2=O)cc1. The molecular formula is C29H28N4O2S. The Morgan fingerprint density at radius 2 is 1.50 bits per heavy atom. The predicted molar refractivity (Wildman–Crippen MR) is 146 cm³/mol. The Morgan fingerprint density at radius 1 is 0.917 bits per heavy atom. The van der Waals surface area contributed by atoms with Crippen molar-refractivity contribution >= 4 is 40.1 Å². The monoisotopic (exact) mass is 496 g/mol. The first-order valence-electron chi connectivity index (χ1n) is 12.0. The Labute approximate surface area is 215 Å².